The predicted molar refractivity (Wildman–Crippen MR) is 55.9 cm³/mol. The first-order valence-electron chi connectivity index (χ1n) is 3.49. The van der Waals surface area contributed by atoms with Crippen LogP contribution in [0.15, 0.2) is 6.33 Å². The van der Waals surface area contributed by atoms with Gasteiger partial charge in [0.15, 0.2) is 5.65 Å². The molecule has 2 aromatic heterocycles. The summed E-state index contributed by atoms with van der Waals surface area (Å²) in [5.41, 5.74) is 5.77. The van der Waals surface area contributed by atoms with E-state index in [1.807, 2.05) is 22.6 Å². The zero-order valence-corrected chi connectivity index (χ0v) is 8.83. The van der Waals surface area contributed by atoms with Gasteiger partial charge in [0.25, 0.3) is 0 Å². The summed E-state index contributed by atoms with van der Waals surface area (Å²) in [5.74, 6) is 0.229. The Morgan fingerprint density at radius 3 is 2.93 bits per heavy atom. The van der Waals surface area contributed by atoms with Crippen molar-refractivity contribution in [3.05, 3.63) is 10.0 Å². The fourth-order valence-electron chi connectivity index (χ4n) is 1.07. The fraction of sp³-hybridized carbons (Fsp3) is 0. The summed E-state index contributed by atoms with van der Waals surface area (Å²) in [6.07, 6.45) is 0.00511. The number of nitrogens with two attached hydrogens (primary N) is 1. The van der Waals surface area contributed by atoms with E-state index in [0.717, 1.165) is 4.68 Å². The number of hydrogen-bond donors (Lipinski definition) is 2. The number of carboxylic acid groups (broad SMARTS) is 1. The molecule has 2 heterocycles. The Labute approximate surface area is 91.1 Å². The van der Waals surface area contributed by atoms with E-state index in [1.54, 1.807) is 0 Å². The van der Waals surface area contributed by atoms with Gasteiger partial charge in [0.05, 0.1) is 5.39 Å². The van der Waals surface area contributed by atoms with Crippen molar-refractivity contribution in [1.29, 1.82) is 0 Å². The summed E-state index contributed by atoms with van der Waals surface area (Å²) in [4.78, 5) is 18.3. The van der Waals surface area contributed by atoms with Crippen molar-refractivity contribution in [3.8, 4) is 0 Å². The van der Waals surface area contributed by atoms with Gasteiger partial charge in [-0.3, -0.25) is 0 Å². The van der Waals surface area contributed by atoms with Crippen LogP contribution in [0.2, 0.25) is 0 Å². The van der Waals surface area contributed by atoms with Gasteiger partial charge in [0, 0.05) is 0 Å². The van der Waals surface area contributed by atoms with Gasteiger partial charge in [-0.15, -0.1) is 4.68 Å². The molecule has 0 aliphatic carbocycles. The van der Waals surface area contributed by atoms with E-state index in [1.165, 1.54) is 6.33 Å². The molecule has 0 fully saturated rings. The number of halogens is 1. The fourth-order valence-corrected chi connectivity index (χ4v) is 1.80. The molecule has 8 heteroatoms. The number of nitrogen functional groups attached to an aromatic ring is 1. The first kappa shape index (κ1) is 9.12. The van der Waals surface area contributed by atoms with E-state index >= 15 is 0 Å². The third-order valence-corrected chi connectivity index (χ3v) is 2.39. The Balaban J connectivity index is 2.91. The highest BCUT2D eigenvalue weighted by Crippen LogP contribution is 2.21. The minimum absolute atomic E-state index is 0.203. The standard InChI is InChI=1S/C6H4IN5O2/c7-3-2-4(8)9-1-10-5(2)12(11-3)6(13)14/h1H,(H,13,14)(H2,8,9,10). The maximum Gasteiger partial charge on any atom is 0.434 e. The van der Waals surface area contributed by atoms with Crippen molar-refractivity contribution in [2.75, 3.05) is 5.73 Å². The van der Waals surface area contributed by atoms with Gasteiger partial charge in [0.2, 0.25) is 0 Å². The number of hydrogen-bond acceptors (Lipinski definition) is 5. The highest BCUT2D eigenvalue weighted by molar-refractivity contribution is 14.1. The second kappa shape index (κ2) is 3.04. The Bertz CT molecular complexity index is 522. The molecule has 0 radical (unpaired) electrons. The summed E-state index contributed by atoms with van der Waals surface area (Å²) in [6.45, 7) is 0. The molecule has 0 amide bonds. The molecule has 0 aliphatic heterocycles. The lowest BCUT2D eigenvalue weighted by atomic mass is 10.4. The molecular weight excluding hydrogens is 301 g/mol. The van der Waals surface area contributed by atoms with Crippen LogP contribution in [0.5, 0.6) is 0 Å². The van der Waals surface area contributed by atoms with E-state index in [9.17, 15) is 4.79 Å². The Morgan fingerprint density at radius 1 is 1.57 bits per heavy atom. The SMILES string of the molecule is Nc1ncnc2c1c(I)nn2C(=O)O. The monoisotopic (exact) mass is 305 g/mol. The summed E-state index contributed by atoms with van der Waals surface area (Å²) in [5, 5.41) is 13.0. The van der Waals surface area contributed by atoms with E-state index in [0.29, 0.717) is 9.09 Å². The van der Waals surface area contributed by atoms with Crippen LogP contribution in [0.3, 0.4) is 0 Å². The average molecular weight is 305 g/mol. The average Bonchev–Trinajstić information content (AvgIpc) is 2.45. The molecule has 0 bridgehead atoms. The molecule has 0 saturated heterocycles. The Kier molecular flexibility index (Phi) is 1.98. The van der Waals surface area contributed by atoms with Gasteiger partial charge >= 0.3 is 6.09 Å². The number of rotatable bonds is 0. The molecule has 3 N–H and O–H groups in total. The van der Waals surface area contributed by atoms with E-state index in [-0.39, 0.29) is 11.5 Å². The maximum absolute atomic E-state index is 10.7. The molecule has 14 heavy (non-hydrogen) atoms. The van der Waals surface area contributed by atoms with Crippen LogP contribution in [0, 0.1) is 3.70 Å². The number of nitrogens with zero attached hydrogens (tertiary/aromatic N) is 4. The van der Waals surface area contributed by atoms with E-state index in [2.05, 4.69) is 15.1 Å². The lowest BCUT2D eigenvalue weighted by molar-refractivity contribution is 0.193. The van der Waals surface area contributed by atoms with Gasteiger partial charge < -0.3 is 10.8 Å². The minimum atomic E-state index is -1.20. The van der Waals surface area contributed by atoms with Crippen LogP contribution in [0.1, 0.15) is 0 Å². The van der Waals surface area contributed by atoms with Crippen molar-refractivity contribution in [2.24, 2.45) is 0 Å². The van der Waals surface area contributed by atoms with Crippen molar-refractivity contribution < 1.29 is 9.90 Å². The Hall–Kier alpha value is -1.45. The number of carbonyl (C=O) groups is 1. The van der Waals surface area contributed by atoms with Crippen LogP contribution < -0.4 is 5.73 Å². The van der Waals surface area contributed by atoms with E-state index in [4.69, 9.17) is 10.8 Å². The minimum Gasteiger partial charge on any atom is -0.463 e. The van der Waals surface area contributed by atoms with Crippen LogP contribution >= 0.6 is 22.6 Å². The molecule has 0 saturated carbocycles. The summed E-state index contributed by atoms with van der Waals surface area (Å²) in [6, 6.07) is 0. The molecule has 2 rings (SSSR count). The van der Waals surface area contributed by atoms with Gasteiger partial charge in [-0.05, 0) is 22.6 Å². The lowest BCUT2D eigenvalue weighted by Crippen LogP contribution is -2.10. The van der Waals surface area contributed by atoms with Crippen LogP contribution in [0.25, 0.3) is 11.0 Å². The number of fused-ring (bicyclic) bond motifs is 1. The van der Waals surface area contributed by atoms with Crippen LogP contribution in [0.4, 0.5) is 10.6 Å². The molecule has 0 aromatic carbocycles. The number of anilines is 1. The molecule has 0 aliphatic rings. The Morgan fingerprint density at radius 2 is 2.29 bits per heavy atom. The largest absolute Gasteiger partial charge is 0.463 e. The molecule has 7 nitrogen and oxygen atoms in total. The van der Waals surface area contributed by atoms with Crippen LogP contribution in [-0.2, 0) is 0 Å². The quantitative estimate of drug-likeness (QED) is 0.688. The first-order valence-corrected chi connectivity index (χ1v) is 4.57. The normalized spacial score (nSPS) is 10.6. The lowest BCUT2D eigenvalue weighted by Gasteiger charge is -1.94. The van der Waals surface area contributed by atoms with Crippen molar-refractivity contribution in [2.45, 2.75) is 0 Å². The second-order valence-electron chi connectivity index (χ2n) is 2.44. The molecule has 72 valence electrons. The van der Waals surface area contributed by atoms with Gasteiger partial charge in [0.1, 0.15) is 15.8 Å². The van der Waals surface area contributed by atoms with Crippen LogP contribution in [-0.4, -0.2) is 30.9 Å². The summed E-state index contributed by atoms with van der Waals surface area (Å²) in [7, 11) is 0. The van der Waals surface area contributed by atoms with E-state index < -0.39 is 6.09 Å². The van der Waals surface area contributed by atoms with Crippen molar-refractivity contribution in [1.82, 2.24) is 19.7 Å². The molecule has 0 unspecified atom stereocenters. The third-order valence-electron chi connectivity index (χ3n) is 1.63. The van der Waals surface area contributed by atoms with Gasteiger partial charge in [-0.25, -0.2) is 14.8 Å². The second-order valence-corrected chi connectivity index (χ2v) is 3.46. The smallest absolute Gasteiger partial charge is 0.434 e. The highest BCUT2D eigenvalue weighted by Gasteiger charge is 2.16. The maximum atomic E-state index is 10.7. The predicted octanol–water partition coefficient (Wildman–Crippen LogP) is 0.539. The number of aromatic nitrogens is 4. The topological polar surface area (TPSA) is 107 Å². The van der Waals surface area contributed by atoms with Crippen molar-refractivity contribution >= 4 is 45.5 Å². The molecular formula is C6H4IN5O2. The third kappa shape index (κ3) is 1.18. The zero-order chi connectivity index (χ0) is 10.3. The van der Waals surface area contributed by atoms with Gasteiger partial charge in [-0.1, -0.05) is 0 Å². The molecule has 0 atom stereocenters. The summed E-state index contributed by atoms with van der Waals surface area (Å²) >= 11 is 1.88. The molecule has 2 aromatic rings. The first-order chi connectivity index (χ1) is 6.61. The van der Waals surface area contributed by atoms with Crippen molar-refractivity contribution in [3.63, 3.8) is 0 Å². The highest BCUT2D eigenvalue weighted by atomic mass is 127. The van der Waals surface area contributed by atoms with Gasteiger partial charge in [-0.2, -0.15) is 5.10 Å². The molecule has 0 spiro atoms. The summed E-state index contributed by atoms with van der Waals surface area (Å²) < 4.78 is 1.24. The zero-order valence-electron chi connectivity index (χ0n) is 6.68.